The fourth-order valence-electron chi connectivity index (χ4n) is 1.43. The van der Waals surface area contributed by atoms with Crippen molar-refractivity contribution in [2.75, 3.05) is 0 Å². The SMILES string of the molecule is Cc1cn[nH]c1-c1occc1CC(=O)O. The standard InChI is InChI=1S/C10H10N2O3/c1-6-5-11-12-9(6)10-7(2-3-15-10)4-8(13)14/h2-3,5H,4H2,1H3,(H,11,12)(H,13,14). The van der Waals surface area contributed by atoms with Crippen LogP contribution in [-0.4, -0.2) is 21.3 Å². The molecule has 15 heavy (non-hydrogen) atoms. The highest BCUT2D eigenvalue weighted by Crippen LogP contribution is 2.25. The highest BCUT2D eigenvalue weighted by molar-refractivity contribution is 5.74. The maximum atomic E-state index is 10.6. The maximum absolute atomic E-state index is 10.6. The van der Waals surface area contributed by atoms with Crippen molar-refractivity contribution >= 4 is 5.97 Å². The van der Waals surface area contributed by atoms with E-state index in [9.17, 15) is 4.79 Å². The first kappa shape index (κ1) is 9.51. The third kappa shape index (κ3) is 1.76. The number of nitrogens with one attached hydrogen (secondary N) is 1. The van der Waals surface area contributed by atoms with Crippen molar-refractivity contribution in [3.63, 3.8) is 0 Å². The van der Waals surface area contributed by atoms with Crippen LogP contribution in [0.15, 0.2) is 22.9 Å². The first-order valence-corrected chi connectivity index (χ1v) is 4.47. The van der Waals surface area contributed by atoms with E-state index in [0.29, 0.717) is 11.3 Å². The van der Waals surface area contributed by atoms with Crippen molar-refractivity contribution in [2.24, 2.45) is 0 Å². The number of carboxylic acid groups (broad SMARTS) is 1. The van der Waals surface area contributed by atoms with E-state index in [0.717, 1.165) is 11.3 Å². The molecule has 2 aromatic heterocycles. The van der Waals surface area contributed by atoms with Gasteiger partial charge in [-0.25, -0.2) is 0 Å². The van der Waals surface area contributed by atoms with Crippen LogP contribution in [0.4, 0.5) is 0 Å². The Balaban J connectivity index is 2.41. The second kappa shape index (κ2) is 3.61. The predicted octanol–water partition coefficient (Wildman–Crippen LogP) is 1.61. The average Bonchev–Trinajstić information content (AvgIpc) is 2.73. The maximum Gasteiger partial charge on any atom is 0.307 e. The molecule has 5 nitrogen and oxygen atoms in total. The number of aromatic amines is 1. The molecule has 0 radical (unpaired) electrons. The van der Waals surface area contributed by atoms with Crippen molar-refractivity contribution in [1.82, 2.24) is 10.2 Å². The van der Waals surface area contributed by atoms with Crippen LogP contribution in [0.3, 0.4) is 0 Å². The second-order valence-corrected chi connectivity index (χ2v) is 3.27. The molecule has 0 spiro atoms. The zero-order chi connectivity index (χ0) is 10.8. The van der Waals surface area contributed by atoms with E-state index in [1.807, 2.05) is 6.92 Å². The Kier molecular flexibility index (Phi) is 2.29. The zero-order valence-corrected chi connectivity index (χ0v) is 8.15. The fraction of sp³-hybridized carbons (Fsp3) is 0.200. The van der Waals surface area contributed by atoms with Crippen molar-refractivity contribution in [1.29, 1.82) is 0 Å². The molecule has 2 heterocycles. The number of aliphatic carboxylic acids is 1. The Labute approximate surface area is 85.7 Å². The molecule has 5 heteroatoms. The monoisotopic (exact) mass is 206 g/mol. The second-order valence-electron chi connectivity index (χ2n) is 3.27. The van der Waals surface area contributed by atoms with Crippen LogP contribution in [0.1, 0.15) is 11.1 Å². The number of rotatable bonds is 3. The Bertz CT molecular complexity index is 484. The van der Waals surface area contributed by atoms with Gasteiger partial charge in [0, 0.05) is 5.56 Å². The minimum Gasteiger partial charge on any atom is -0.481 e. The quantitative estimate of drug-likeness (QED) is 0.799. The van der Waals surface area contributed by atoms with Gasteiger partial charge in [0.15, 0.2) is 5.76 Å². The van der Waals surface area contributed by atoms with Crippen molar-refractivity contribution in [3.05, 3.63) is 29.7 Å². The minimum atomic E-state index is -0.880. The van der Waals surface area contributed by atoms with Gasteiger partial charge in [0.2, 0.25) is 0 Å². The van der Waals surface area contributed by atoms with Gasteiger partial charge in [-0.2, -0.15) is 5.10 Å². The van der Waals surface area contributed by atoms with Gasteiger partial charge in [0.25, 0.3) is 0 Å². The third-order valence-electron chi connectivity index (χ3n) is 2.14. The van der Waals surface area contributed by atoms with Gasteiger partial charge in [0.1, 0.15) is 5.69 Å². The van der Waals surface area contributed by atoms with Crippen LogP contribution >= 0.6 is 0 Å². The molecule has 0 fully saturated rings. The normalized spacial score (nSPS) is 10.5. The molecule has 0 aliphatic rings. The van der Waals surface area contributed by atoms with Gasteiger partial charge in [-0.05, 0) is 18.6 Å². The number of hydrogen-bond acceptors (Lipinski definition) is 3. The van der Waals surface area contributed by atoms with E-state index < -0.39 is 5.97 Å². The fourth-order valence-corrected chi connectivity index (χ4v) is 1.43. The van der Waals surface area contributed by atoms with Gasteiger partial charge in [0.05, 0.1) is 18.9 Å². The summed E-state index contributed by atoms with van der Waals surface area (Å²) in [6.45, 7) is 1.88. The Morgan fingerprint density at radius 2 is 2.47 bits per heavy atom. The number of nitrogens with zero attached hydrogens (tertiary/aromatic N) is 1. The van der Waals surface area contributed by atoms with E-state index >= 15 is 0 Å². The predicted molar refractivity (Wildman–Crippen MR) is 52.4 cm³/mol. The summed E-state index contributed by atoms with van der Waals surface area (Å²) in [5.41, 5.74) is 2.31. The molecule has 2 aromatic rings. The van der Waals surface area contributed by atoms with Crippen molar-refractivity contribution in [3.8, 4) is 11.5 Å². The first-order valence-electron chi connectivity index (χ1n) is 4.47. The lowest BCUT2D eigenvalue weighted by Crippen LogP contribution is -2.00. The molecule has 0 saturated heterocycles. The number of carbonyl (C=O) groups is 1. The van der Waals surface area contributed by atoms with Gasteiger partial charge in [-0.15, -0.1) is 0 Å². The molecule has 0 bridgehead atoms. The molecule has 0 amide bonds. The Morgan fingerprint density at radius 3 is 3.07 bits per heavy atom. The molecule has 0 atom stereocenters. The first-order chi connectivity index (χ1) is 7.18. The molecule has 0 aliphatic heterocycles. The number of aryl methyl sites for hydroxylation is 1. The van der Waals surface area contributed by atoms with Crippen LogP contribution < -0.4 is 0 Å². The molecular weight excluding hydrogens is 196 g/mol. The third-order valence-corrected chi connectivity index (χ3v) is 2.14. The van der Waals surface area contributed by atoms with Crippen molar-refractivity contribution in [2.45, 2.75) is 13.3 Å². The van der Waals surface area contributed by atoms with Gasteiger partial charge < -0.3 is 9.52 Å². The lowest BCUT2D eigenvalue weighted by atomic mass is 10.1. The number of H-pyrrole nitrogens is 1. The number of furan rings is 1. The lowest BCUT2D eigenvalue weighted by Gasteiger charge is -1.98. The summed E-state index contributed by atoms with van der Waals surface area (Å²) in [6.07, 6.45) is 3.10. The van der Waals surface area contributed by atoms with E-state index in [-0.39, 0.29) is 6.42 Å². The van der Waals surface area contributed by atoms with Gasteiger partial charge >= 0.3 is 5.97 Å². The number of aromatic nitrogens is 2. The minimum absolute atomic E-state index is 0.0513. The highest BCUT2D eigenvalue weighted by atomic mass is 16.4. The average molecular weight is 206 g/mol. The van der Waals surface area contributed by atoms with Gasteiger partial charge in [-0.1, -0.05) is 0 Å². The van der Waals surface area contributed by atoms with Crippen LogP contribution in [0, 0.1) is 6.92 Å². The molecule has 0 aromatic carbocycles. The summed E-state index contributed by atoms with van der Waals surface area (Å²) < 4.78 is 5.26. The molecule has 78 valence electrons. The summed E-state index contributed by atoms with van der Waals surface area (Å²) in [5, 5.41) is 15.4. The summed E-state index contributed by atoms with van der Waals surface area (Å²) in [7, 11) is 0. The summed E-state index contributed by atoms with van der Waals surface area (Å²) in [5.74, 6) is -0.331. The van der Waals surface area contributed by atoms with Crippen LogP contribution in [0.5, 0.6) is 0 Å². The lowest BCUT2D eigenvalue weighted by molar-refractivity contribution is -0.136. The highest BCUT2D eigenvalue weighted by Gasteiger charge is 2.14. The topological polar surface area (TPSA) is 79.1 Å². The molecule has 2 N–H and O–H groups in total. The van der Waals surface area contributed by atoms with E-state index in [4.69, 9.17) is 9.52 Å². The van der Waals surface area contributed by atoms with Gasteiger partial charge in [-0.3, -0.25) is 9.89 Å². The smallest absolute Gasteiger partial charge is 0.307 e. The van der Waals surface area contributed by atoms with E-state index in [1.165, 1.54) is 6.26 Å². The number of hydrogen-bond donors (Lipinski definition) is 2. The summed E-state index contributed by atoms with van der Waals surface area (Å²) in [6, 6.07) is 1.66. The molecule has 0 saturated carbocycles. The van der Waals surface area contributed by atoms with E-state index in [1.54, 1.807) is 12.3 Å². The van der Waals surface area contributed by atoms with Crippen LogP contribution in [0.25, 0.3) is 11.5 Å². The zero-order valence-electron chi connectivity index (χ0n) is 8.15. The molecule has 2 rings (SSSR count). The van der Waals surface area contributed by atoms with E-state index in [2.05, 4.69) is 10.2 Å². The van der Waals surface area contributed by atoms with Crippen molar-refractivity contribution < 1.29 is 14.3 Å². The largest absolute Gasteiger partial charge is 0.481 e. The molecular formula is C10H10N2O3. The Morgan fingerprint density at radius 1 is 1.67 bits per heavy atom. The van der Waals surface area contributed by atoms with Crippen LogP contribution in [0.2, 0.25) is 0 Å². The summed E-state index contributed by atoms with van der Waals surface area (Å²) in [4.78, 5) is 10.6. The van der Waals surface area contributed by atoms with Crippen LogP contribution in [-0.2, 0) is 11.2 Å². The number of carboxylic acids is 1. The summed E-state index contributed by atoms with van der Waals surface area (Å²) >= 11 is 0. The molecule has 0 unspecified atom stereocenters. The molecule has 0 aliphatic carbocycles. The Hall–Kier alpha value is -2.04.